The molecule has 5 nitrogen and oxygen atoms in total. The van der Waals surface area contributed by atoms with E-state index >= 15 is 0 Å². The summed E-state index contributed by atoms with van der Waals surface area (Å²) in [5.74, 6) is -0.154. The molecule has 1 heterocycles. The molecule has 5 heteroatoms. The molecule has 1 aromatic rings. The second kappa shape index (κ2) is 6.60. The lowest BCUT2D eigenvalue weighted by atomic mass is 10.1. The first-order valence-corrected chi connectivity index (χ1v) is 8.04. The average Bonchev–Trinajstić information content (AvgIpc) is 2.84. The van der Waals surface area contributed by atoms with Crippen LogP contribution in [0.3, 0.4) is 0 Å². The Kier molecular flexibility index (Phi) is 4.97. The Balaban J connectivity index is 2.07. The molecule has 2 rings (SSSR count). The predicted octanol–water partition coefficient (Wildman–Crippen LogP) is 3.64. The molecule has 1 aromatic carbocycles. The summed E-state index contributed by atoms with van der Waals surface area (Å²) < 4.78 is 5.40. The number of carbonyl (C=O) groups is 2. The molecule has 2 amide bonds. The van der Waals surface area contributed by atoms with Gasteiger partial charge in [0.25, 0.3) is 0 Å². The fraction of sp³-hybridized carbons (Fsp3) is 0.556. The summed E-state index contributed by atoms with van der Waals surface area (Å²) in [5.41, 5.74) is 2.39. The van der Waals surface area contributed by atoms with E-state index < -0.39 is 17.7 Å². The zero-order valence-corrected chi connectivity index (χ0v) is 14.6. The van der Waals surface area contributed by atoms with Gasteiger partial charge in [0.05, 0.1) is 0 Å². The van der Waals surface area contributed by atoms with Gasteiger partial charge >= 0.3 is 6.09 Å². The maximum Gasteiger partial charge on any atom is 0.410 e. The highest BCUT2D eigenvalue weighted by molar-refractivity contribution is 5.97. The van der Waals surface area contributed by atoms with Crippen LogP contribution in [0.4, 0.5) is 10.5 Å². The minimum atomic E-state index is -0.561. The monoisotopic (exact) mass is 318 g/mol. The zero-order chi connectivity index (χ0) is 17.2. The lowest BCUT2D eigenvalue weighted by molar-refractivity contribution is -0.120. The van der Waals surface area contributed by atoms with Crippen LogP contribution < -0.4 is 5.32 Å². The van der Waals surface area contributed by atoms with Crippen LogP contribution in [0.5, 0.6) is 0 Å². The van der Waals surface area contributed by atoms with Crippen molar-refractivity contribution in [1.29, 1.82) is 0 Å². The van der Waals surface area contributed by atoms with Gasteiger partial charge in [-0.05, 0) is 70.7 Å². The second-order valence-electron chi connectivity index (χ2n) is 7.20. The van der Waals surface area contributed by atoms with Crippen molar-refractivity contribution in [2.45, 2.75) is 59.1 Å². The summed E-state index contributed by atoms with van der Waals surface area (Å²) in [6.07, 6.45) is 1.05. The van der Waals surface area contributed by atoms with Crippen molar-refractivity contribution in [3.05, 3.63) is 29.3 Å². The lowest BCUT2D eigenvalue weighted by Crippen LogP contribution is -2.45. The molecule has 0 aliphatic carbocycles. The number of rotatable bonds is 2. The quantitative estimate of drug-likeness (QED) is 0.905. The molecule has 1 atom stereocenters. The Labute approximate surface area is 138 Å². The molecule has 0 spiro atoms. The molecule has 1 fully saturated rings. The molecular formula is C18H26N2O3. The molecule has 1 aliphatic heterocycles. The van der Waals surface area contributed by atoms with Gasteiger partial charge < -0.3 is 10.1 Å². The highest BCUT2D eigenvalue weighted by atomic mass is 16.6. The van der Waals surface area contributed by atoms with Gasteiger partial charge in [-0.1, -0.05) is 6.07 Å². The summed E-state index contributed by atoms with van der Waals surface area (Å²) in [5, 5.41) is 2.92. The molecule has 23 heavy (non-hydrogen) atoms. The standard InChI is InChI=1S/C18H26N2O3/c1-12-9-13(2)11-14(10-12)19-16(21)15-7-6-8-20(15)17(22)23-18(3,4)5/h9-11,15H,6-8H2,1-5H3,(H,19,21). The van der Waals surface area contributed by atoms with Gasteiger partial charge in [-0.15, -0.1) is 0 Å². The molecule has 0 radical (unpaired) electrons. The number of nitrogens with zero attached hydrogens (tertiary/aromatic N) is 1. The number of carbonyl (C=O) groups excluding carboxylic acids is 2. The molecule has 0 saturated carbocycles. The van der Waals surface area contributed by atoms with Crippen LogP contribution >= 0.6 is 0 Å². The Morgan fingerprint density at radius 2 is 1.78 bits per heavy atom. The van der Waals surface area contributed by atoms with E-state index in [1.165, 1.54) is 4.90 Å². The number of likely N-dealkylation sites (tertiary alicyclic amines) is 1. The average molecular weight is 318 g/mol. The van der Waals surface area contributed by atoms with Crippen molar-refractivity contribution in [1.82, 2.24) is 4.90 Å². The fourth-order valence-corrected chi connectivity index (χ4v) is 2.85. The van der Waals surface area contributed by atoms with Crippen LogP contribution in [0.15, 0.2) is 18.2 Å². The third kappa shape index (κ3) is 4.71. The SMILES string of the molecule is Cc1cc(C)cc(NC(=O)C2CCCN2C(=O)OC(C)(C)C)c1. The summed E-state index contributed by atoms with van der Waals surface area (Å²) in [6, 6.07) is 5.44. The van der Waals surface area contributed by atoms with Crippen molar-refractivity contribution in [3.63, 3.8) is 0 Å². The molecule has 1 N–H and O–H groups in total. The van der Waals surface area contributed by atoms with E-state index in [-0.39, 0.29) is 5.91 Å². The maximum atomic E-state index is 12.6. The maximum absolute atomic E-state index is 12.6. The normalized spacial score (nSPS) is 18.0. The minimum absolute atomic E-state index is 0.154. The van der Waals surface area contributed by atoms with Crippen LogP contribution in [0.1, 0.15) is 44.7 Å². The van der Waals surface area contributed by atoms with E-state index in [4.69, 9.17) is 4.74 Å². The van der Waals surface area contributed by atoms with E-state index in [1.807, 2.05) is 46.8 Å². The Bertz CT molecular complexity index is 585. The second-order valence-corrected chi connectivity index (χ2v) is 7.20. The van der Waals surface area contributed by atoms with Gasteiger partial charge in [0, 0.05) is 12.2 Å². The first kappa shape index (κ1) is 17.3. The number of benzene rings is 1. The lowest BCUT2D eigenvalue weighted by Gasteiger charge is -2.28. The molecule has 1 saturated heterocycles. The highest BCUT2D eigenvalue weighted by Gasteiger charge is 2.36. The van der Waals surface area contributed by atoms with Crippen LogP contribution in [-0.4, -0.2) is 35.1 Å². The number of ether oxygens (including phenoxy) is 1. The molecule has 0 bridgehead atoms. The number of anilines is 1. The van der Waals surface area contributed by atoms with Gasteiger partial charge in [0.2, 0.25) is 5.91 Å². The molecule has 0 aromatic heterocycles. The smallest absolute Gasteiger partial charge is 0.410 e. The first-order valence-electron chi connectivity index (χ1n) is 8.04. The van der Waals surface area contributed by atoms with Gasteiger partial charge in [0.15, 0.2) is 0 Å². The van der Waals surface area contributed by atoms with Crippen LogP contribution in [0.25, 0.3) is 0 Å². The van der Waals surface area contributed by atoms with E-state index in [2.05, 4.69) is 11.4 Å². The number of amides is 2. The molecule has 1 unspecified atom stereocenters. The van der Waals surface area contributed by atoms with Gasteiger partial charge in [-0.3, -0.25) is 9.69 Å². The molecule has 126 valence electrons. The van der Waals surface area contributed by atoms with Crippen molar-refractivity contribution in [3.8, 4) is 0 Å². The van der Waals surface area contributed by atoms with Gasteiger partial charge in [-0.25, -0.2) is 4.79 Å². The third-order valence-corrected chi connectivity index (χ3v) is 3.67. The number of aryl methyl sites for hydroxylation is 2. The third-order valence-electron chi connectivity index (χ3n) is 3.67. The van der Waals surface area contributed by atoms with Crippen molar-refractivity contribution >= 4 is 17.7 Å². The first-order chi connectivity index (χ1) is 10.7. The number of hydrogen-bond donors (Lipinski definition) is 1. The zero-order valence-electron chi connectivity index (χ0n) is 14.6. The Morgan fingerprint density at radius 1 is 1.17 bits per heavy atom. The van der Waals surface area contributed by atoms with E-state index in [0.29, 0.717) is 13.0 Å². The van der Waals surface area contributed by atoms with Crippen molar-refractivity contribution in [2.24, 2.45) is 0 Å². The van der Waals surface area contributed by atoms with Crippen molar-refractivity contribution < 1.29 is 14.3 Å². The van der Waals surface area contributed by atoms with Crippen LogP contribution in [0.2, 0.25) is 0 Å². The van der Waals surface area contributed by atoms with E-state index in [9.17, 15) is 9.59 Å². The molecule has 1 aliphatic rings. The fourth-order valence-electron chi connectivity index (χ4n) is 2.85. The summed E-state index contributed by atoms with van der Waals surface area (Å²) in [7, 11) is 0. The largest absolute Gasteiger partial charge is 0.444 e. The van der Waals surface area contributed by atoms with Crippen LogP contribution in [0, 0.1) is 13.8 Å². The topological polar surface area (TPSA) is 58.6 Å². The van der Waals surface area contributed by atoms with Crippen molar-refractivity contribution in [2.75, 3.05) is 11.9 Å². The number of hydrogen-bond acceptors (Lipinski definition) is 3. The highest BCUT2D eigenvalue weighted by Crippen LogP contribution is 2.23. The van der Waals surface area contributed by atoms with E-state index in [1.54, 1.807) is 0 Å². The summed E-state index contributed by atoms with van der Waals surface area (Å²) in [4.78, 5) is 26.3. The molecular weight excluding hydrogens is 292 g/mol. The van der Waals surface area contributed by atoms with Gasteiger partial charge in [0.1, 0.15) is 11.6 Å². The van der Waals surface area contributed by atoms with E-state index in [0.717, 1.165) is 23.2 Å². The predicted molar refractivity (Wildman–Crippen MR) is 90.5 cm³/mol. The Morgan fingerprint density at radius 3 is 2.35 bits per heavy atom. The number of nitrogens with one attached hydrogen (secondary N) is 1. The minimum Gasteiger partial charge on any atom is -0.444 e. The Hall–Kier alpha value is -2.04. The summed E-state index contributed by atoms with van der Waals surface area (Å²) >= 11 is 0. The summed E-state index contributed by atoms with van der Waals surface area (Å²) in [6.45, 7) is 10.0. The van der Waals surface area contributed by atoms with Crippen LogP contribution in [-0.2, 0) is 9.53 Å². The van der Waals surface area contributed by atoms with Gasteiger partial charge in [-0.2, -0.15) is 0 Å².